The van der Waals surface area contributed by atoms with E-state index in [2.05, 4.69) is 0 Å². The van der Waals surface area contributed by atoms with Crippen LogP contribution in [0.15, 0.2) is 24.3 Å². The Bertz CT molecular complexity index is 409. The number of rotatable bonds is 5. The number of nitrogens with two attached hydrogens (primary N) is 1. The minimum atomic E-state index is -0.505. The van der Waals surface area contributed by atoms with Crippen molar-refractivity contribution < 1.29 is 9.18 Å². The van der Waals surface area contributed by atoms with Crippen molar-refractivity contribution in [3.63, 3.8) is 0 Å². The van der Waals surface area contributed by atoms with Crippen LogP contribution in [-0.4, -0.2) is 23.9 Å². The molecule has 0 aromatic heterocycles. The Kier molecular flexibility index (Phi) is 5.28. The lowest BCUT2D eigenvalue weighted by atomic mass is 10.0. The molecule has 18 heavy (non-hydrogen) atoms. The Labute approximate surface area is 108 Å². The average molecular weight is 252 g/mol. The zero-order valence-electron chi connectivity index (χ0n) is 11.2. The summed E-state index contributed by atoms with van der Waals surface area (Å²) >= 11 is 0. The molecule has 0 saturated heterocycles. The lowest BCUT2D eigenvalue weighted by molar-refractivity contribution is -0.133. The molecule has 1 aromatic rings. The van der Waals surface area contributed by atoms with Gasteiger partial charge >= 0.3 is 0 Å². The number of nitrogens with zero attached hydrogens (tertiary/aromatic N) is 1. The molecule has 1 amide bonds. The molecule has 4 heteroatoms. The van der Waals surface area contributed by atoms with E-state index in [9.17, 15) is 9.18 Å². The highest BCUT2D eigenvalue weighted by Gasteiger charge is 2.23. The maximum absolute atomic E-state index is 13.6. The van der Waals surface area contributed by atoms with Gasteiger partial charge in [0.25, 0.3) is 0 Å². The summed E-state index contributed by atoms with van der Waals surface area (Å²) in [4.78, 5) is 13.6. The minimum absolute atomic E-state index is 0.146. The molecule has 1 aromatic carbocycles. The topological polar surface area (TPSA) is 46.3 Å². The van der Waals surface area contributed by atoms with E-state index in [-0.39, 0.29) is 17.8 Å². The van der Waals surface area contributed by atoms with Crippen LogP contribution in [0.3, 0.4) is 0 Å². The molecule has 1 rings (SSSR count). The Hall–Kier alpha value is -1.42. The van der Waals surface area contributed by atoms with Crippen molar-refractivity contribution >= 4 is 5.91 Å². The third kappa shape index (κ3) is 3.29. The summed E-state index contributed by atoms with van der Waals surface area (Å²) < 4.78 is 13.6. The van der Waals surface area contributed by atoms with Gasteiger partial charge in [0.1, 0.15) is 5.82 Å². The molecule has 3 nitrogen and oxygen atoms in total. The van der Waals surface area contributed by atoms with Crippen molar-refractivity contribution in [2.75, 3.05) is 7.05 Å². The van der Waals surface area contributed by atoms with Crippen molar-refractivity contribution in [3.05, 3.63) is 35.6 Å². The third-order valence-corrected chi connectivity index (χ3v) is 3.20. The van der Waals surface area contributed by atoms with Gasteiger partial charge in [-0.1, -0.05) is 31.5 Å². The van der Waals surface area contributed by atoms with E-state index < -0.39 is 6.04 Å². The fraction of sp³-hybridized carbons (Fsp3) is 0.500. The molecule has 0 heterocycles. The van der Waals surface area contributed by atoms with E-state index in [0.717, 1.165) is 6.42 Å². The Morgan fingerprint density at radius 3 is 2.61 bits per heavy atom. The Morgan fingerprint density at radius 2 is 2.06 bits per heavy atom. The molecular formula is C14H21FN2O. The Balaban J connectivity index is 2.81. The first-order chi connectivity index (χ1) is 8.49. The van der Waals surface area contributed by atoms with Crippen LogP contribution in [0.4, 0.5) is 4.39 Å². The highest BCUT2D eigenvalue weighted by Crippen LogP contribution is 2.22. The van der Waals surface area contributed by atoms with Gasteiger partial charge in [0.2, 0.25) is 5.91 Å². The largest absolute Gasteiger partial charge is 0.338 e. The second-order valence-corrected chi connectivity index (χ2v) is 4.54. The summed E-state index contributed by atoms with van der Waals surface area (Å²) in [6, 6.07) is 5.66. The Morgan fingerprint density at radius 1 is 1.44 bits per heavy atom. The fourth-order valence-electron chi connectivity index (χ4n) is 1.91. The van der Waals surface area contributed by atoms with Crippen LogP contribution < -0.4 is 5.73 Å². The molecule has 2 atom stereocenters. The van der Waals surface area contributed by atoms with E-state index in [1.165, 1.54) is 11.0 Å². The highest BCUT2D eigenvalue weighted by molar-refractivity contribution is 5.81. The highest BCUT2D eigenvalue weighted by atomic mass is 19.1. The normalized spacial score (nSPS) is 14.1. The van der Waals surface area contributed by atoms with Crippen LogP contribution in [0.5, 0.6) is 0 Å². The zero-order valence-corrected chi connectivity index (χ0v) is 11.2. The van der Waals surface area contributed by atoms with Gasteiger partial charge in [0.05, 0.1) is 12.1 Å². The van der Waals surface area contributed by atoms with Crippen molar-refractivity contribution in [3.8, 4) is 0 Å². The van der Waals surface area contributed by atoms with Crippen LogP contribution in [0.25, 0.3) is 0 Å². The lowest BCUT2D eigenvalue weighted by Gasteiger charge is -2.28. The summed E-state index contributed by atoms with van der Waals surface area (Å²) in [7, 11) is 1.66. The molecule has 1 unspecified atom stereocenters. The summed E-state index contributed by atoms with van der Waals surface area (Å²) in [6.45, 7) is 3.78. The van der Waals surface area contributed by atoms with E-state index in [0.29, 0.717) is 12.0 Å². The molecule has 0 aliphatic heterocycles. The van der Waals surface area contributed by atoms with E-state index in [1.54, 1.807) is 32.2 Å². The molecule has 0 aliphatic rings. The first-order valence-corrected chi connectivity index (χ1v) is 6.25. The van der Waals surface area contributed by atoms with Gasteiger partial charge < -0.3 is 10.6 Å². The number of benzene rings is 1. The predicted molar refractivity (Wildman–Crippen MR) is 70.5 cm³/mol. The molecule has 0 aliphatic carbocycles. The van der Waals surface area contributed by atoms with Crippen molar-refractivity contribution in [2.45, 2.75) is 38.8 Å². The molecule has 0 saturated carbocycles. The number of halogens is 1. The van der Waals surface area contributed by atoms with Gasteiger partial charge in [0, 0.05) is 12.6 Å². The van der Waals surface area contributed by atoms with Gasteiger partial charge in [-0.25, -0.2) is 4.39 Å². The summed E-state index contributed by atoms with van der Waals surface area (Å²) in [5, 5.41) is 0. The minimum Gasteiger partial charge on any atom is -0.338 e. The standard InChI is InChI=1S/C14H21FN2O/c1-4-7-13(16)14(18)17(3)10(2)11-8-5-6-9-12(11)15/h5-6,8-10,13H,4,7,16H2,1-3H3/t10?,13-/m0/s1. The number of carbonyl (C=O) groups excluding carboxylic acids is 1. The van der Waals surface area contributed by atoms with Crippen LogP contribution in [0.1, 0.15) is 38.3 Å². The summed E-state index contributed by atoms with van der Waals surface area (Å²) in [5.74, 6) is -0.443. The number of hydrogen-bond donors (Lipinski definition) is 1. The molecule has 0 radical (unpaired) electrons. The van der Waals surface area contributed by atoms with Crippen molar-refractivity contribution in [2.24, 2.45) is 5.73 Å². The summed E-state index contributed by atoms with van der Waals surface area (Å²) in [5.41, 5.74) is 6.31. The van der Waals surface area contributed by atoms with Crippen LogP contribution >= 0.6 is 0 Å². The zero-order chi connectivity index (χ0) is 13.7. The van der Waals surface area contributed by atoms with Crippen molar-refractivity contribution in [1.29, 1.82) is 0 Å². The SMILES string of the molecule is CCC[C@H](N)C(=O)N(C)C(C)c1ccccc1F. The quantitative estimate of drug-likeness (QED) is 0.875. The third-order valence-electron chi connectivity index (χ3n) is 3.20. The van der Waals surface area contributed by atoms with Gasteiger partial charge in [-0.2, -0.15) is 0 Å². The molecule has 0 fully saturated rings. The predicted octanol–water partition coefficient (Wildman–Crippen LogP) is 2.47. The van der Waals surface area contributed by atoms with E-state index in [1.807, 2.05) is 6.92 Å². The second kappa shape index (κ2) is 6.50. The molecule has 100 valence electrons. The molecular weight excluding hydrogens is 231 g/mol. The van der Waals surface area contributed by atoms with Gasteiger partial charge in [-0.05, 0) is 19.4 Å². The average Bonchev–Trinajstić information content (AvgIpc) is 2.37. The van der Waals surface area contributed by atoms with Gasteiger partial charge in [-0.15, -0.1) is 0 Å². The van der Waals surface area contributed by atoms with Gasteiger partial charge in [-0.3, -0.25) is 4.79 Å². The number of carbonyl (C=O) groups is 1. The number of amides is 1. The van der Waals surface area contributed by atoms with Crippen LogP contribution in [-0.2, 0) is 4.79 Å². The maximum Gasteiger partial charge on any atom is 0.239 e. The fourth-order valence-corrected chi connectivity index (χ4v) is 1.91. The molecule has 2 N–H and O–H groups in total. The van der Waals surface area contributed by atoms with E-state index in [4.69, 9.17) is 5.73 Å². The second-order valence-electron chi connectivity index (χ2n) is 4.54. The first kappa shape index (κ1) is 14.6. The summed E-state index contributed by atoms with van der Waals surface area (Å²) in [6.07, 6.45) is 1.50. The number of hydrogen-bond acceptors (Lipinski definition) is 2. The monoisotopic (exact) mass is 252 g/mol. The van der Waals surface area contributed by atoms with Crippen molar-refractivity contribution in [1.82, 2.24) is 4.90 Å². The molecule has 0 bridgehead atoms. The smallest absolute Gasteiger partial charge is 0.239 e. The van der Waals surface area contributed by atoms with E-state index >= 15 is 0 Å². The van der Waals surface area contributed by atoms with Gasteiger partial charge in [0.15, 0.2) is 0 Å². The first-order valence-electron chi connectivity index (χ1n) is 6.25. The van der Waals surface area contributed by atoms with Crippen LogP contribution in [0.2, 0.25) is 0 Å². The number of likely N-dealkylation sites (N-methyl/N-ethyl adjacent to an activating group) is 1. The molecule has 0 spiro atoms. The van der Waals surface area contributed by atoms with Crippen LogP contribution in [0, 0.1) is 5.82 Å². The maximum atomic E-state index is 13.6. The lowest BCUT2D eigenvalue weighted by Crippen LogP contribution is -2.42.